The zero-order valence-corrected chi connectivity index (χ0v) is 13.8. The van der Waals surface area contributed by atoms with Gasteiger partial charge >= 0.3 is 0 Å². The van der Waals surface area contributed by atoms with Crippen LogP contribution in [0.1, 0.15) is 60.5 Å². The lowest BCUT2D eigenvalue weighted by Gasteiger charge is -2.32. The third kappa shape index (κ3) is 3.03. The van der Waals surface area contributed by atoms with Crippen molar-refractivity contribution >= 4 is 5.91 Å². The summed E-state index contributed by atoms with van der Waals surface area (Å²) in [7, 11) is 1.89. The molecule has 0 spiro atoms. The van der Waals surface area contributed by atoms with Crippen LogP contribution in [0.5, 0.6) is 0 Å². The van der Waals surface area contributed by atoms with Crippen molar-refractivity contribution in [1.29, 1.82) is 0 Å². The molecule has 0 radical (unpaired) electrons. The molecule has 3 N–H and O–H groups in total. The first-order chi connectivity index (χ1) is 10.9. The molecular formula is C17H24N4O2. The largest absolute Gasteiger partial charge is 0.396 e. The number of hydrogen-bond donors (Lipinski definition) is 3. The van der Waals surface area contributed by atoms with Gasteiger partial charge in [-0.05, 0) is 30.4 Å². The number of H-pyrrole nitrogens is 1. The number of carbonyl (C=O) groups is 1. The van der Waals surface area contributed by atoms with Crippen molar-refractivity contribution in [2.45, 2.75) is 38.6 Å². The molecule has 124 valence electrons. The van der Waals surface area contributed by atoms with Crippen molar-refractivity contribution in [2.75, 3.05) is 6.61 Å². The van der Waals surface area contributed by atoms with Crippen LogP contribution < -0.4 is 5.32 Å². The molecule has 3 rings (SSSR count). The lowest BCUT2D eigenvalue weighted by atomic mass is 9.84. The Morgan fingerprint density at radius 2 is 2.30 bits per heavy atom. The van der Waals surface area contributed by atoms with E-state index in [1.165, 1.54) is 0 Å². The number of aryl methyl sites for hydroxylation is 1. The second-order valence-corrected chi connectivity index (χ2v) is 7.03. The maximum absolute atomic E-state index is 12.8. The van der Waals surface area contributed by atoms with Gasteiger partial charge in [-0.15, -0.1) is 0 Å². The van der Waals surface area contributed by atoms with Crippen molar-refractivity contribution in [1.82, 2.24) is 19.9 Å². The number of aliphatic hydroxyl groups is 1. The Morgan fingerprint density at radius 3 is 2.87 bits per heavy atom. The molecule has 1 aliphatic rings. The molecule has 0 aromatic carbocycles. The molecule has 1 atom stereocenters. The molecule has 2 aromatic rings. The van der Waals surface area contributed by atoms with E-state index in [4.69, 9.17) is 0 Å². The number of nitrogens with zero attached hydrogens (tertiary/aromatic N) is 2. The summed E-state index contributed by atoms with van der Waals surface area (Å²) in [6.45, 7) is 3.79. The van der Waals surface area contributed by atoms with E-state index in [1.54, 1.807) is 6.20 Å². The van der Waals surface area contributed by atoms with E-state index in [0.717, 1.165) is 24.2 Å². The summed E-state index contributed by atoms with van der Waals surface area (Å²) in [6, 6.07) is 1.61. The number of aromatic nitrogens is 3. The van der Waals surface area contributed by atoms with Gasteiger partial charge in [-0.25, -0.2) is 4.98 Å². The Hall–Kier alpha value is -2.08. The van der Waals surface area contributed by atoms with Crippen LogP contribution in [0, 0.1) is 5.41 Å². The van der Waals surface area contributed by atoms with E-state index in [1.807, 2.05) is 43.9 Å². The number of aromatic amines is 1. The fraction of sp³-hybridized carbons (Fsp3) is 0.529. The monoisotopic (exact) mass is 316 g/mol. The van der Waals surface area contributed by atoms with Crippen LogP contribution in [0.25, 0.3) is 0 Å². The molecule has 1 saturated carbocycles. The Morgan fingerprint density at radius 1 is 1.57 bits per heavy atom. The summed E-state index contributed by atoms with van der Waals surface area (Å²) in [6.07, 6.45) is 7.64. The van der Waals surface area contributed by atoms with Crippen molar-refractivity contribution < 1.29 is 9.90 Å². The second-order valence-electron chi connectivity index (χ2n) is 7.03. The summed E-state index contributed by atoms with van der Waals surface area (Å²) in [5.41, 5.74) is 1.18. The van der Waals surface area contributed by atoms with E-state index >= 15 is 0 Å². The zero-order valence-electron chi connectivity index (χ0n) is 13.8. The molecular weight excluding hydrogens is 292 g/mol. The highest BCUT2D eigenvalue weighted by molar-refractivity contribution is 5.94. The summed E-state index contributed by atoms with van der Waals surface area (Å²) in [4.78, 5) is 20.2. The van der Waals surface area contributed by atoms with Gasteiger partial charge in [0.05, 0.1) is 12.6 Å². The smallest absolute Gasteiger partial charge is 0.268 e. The first kappa shape index (κ1) is 15.8. The van der Waals surface area contributed by atoms with E-state index in [-0.39, 0.29) is 18.6 Å². The van der Waals surface area contributed by atoms with Crippen LogP contribution >= 0.6 is 0 Å². The van der Waals surface area contributed by atoms with Crippen LogP contribution in [0.4, 0.5) is 0 Å². The molecule has 23 heavy (non-hydrogen) atoms. The van der Waals surface area contributed by atoms with E-state index in [2.05, 4.69) is 15.3 Å². The average molecular weight is 316 g/mol. The van der Waals surface area contributed by atoms with Crippen molar-refractivity contribution in [3.8, 4) is 0 Å². The maximum Gasteiger partial charge on any atom is 0.268 e. The quantitative estimate of drug-likeness (QED) is 0.763. The van der Waals surface area contributed by atoms with Gasteiger partial charge < -0.3 is 20.0 Å². The van der Waals surface area contributed by atoms with Gasteiger partial charge in [-0.3, -0.25) is 4.79 Å². The molecule has 0 aliphatic heterocycles. The summed E-state index contributed by atoms with van der Waals surface area (Å²) in [5.74, 6) is 1.09. The summed E-state index contributed by atoms with van der Waals surface area (Å²) >= 11 is 0. The average Bonchev–Trinajstić information content (AvgIpc) is 3.09. The van der Waals surface area contributed by atoms with E-state index < -0.39 is 5.41 Å². The van der Waals surface area contributed by atoms with Gasteiger partial charge in [0.1, 0.15) is 11.5 Å². The molecule has 1 fully saturated rings. The Bertz CT molecular complexity index is 697. The highest BCUT2D eigenvalue weighted by atomic mass is 16.3. The fourth-order valence-corrected chi connectivity index (χ4v) is 2.87. The molecule has 0 saturated heterocycles. The van der Waals surface area contributed by atoms with E-state index in [0.29, 0.717) is 11.6 Å². The normalized spacial score (nSPS) is 16.3. The maximum atomic E-state index is 12.8. The topological polar surface area (TPSA) is 82.9 Å². The van der Waals surface area contributed by atoms with Crippen molar-refractivity contribution in [3.05, 3.63) is 41.7 Å². The number of carbonyl (C=O) groups excluding carboxylic acids is 1. The lowest BCUT2D eigenvalue weighted by molar-refractivity contribution is 0.0786. The van der Waals surface area contributed by atoms with Crippen LogP contribution in [-0.2, 0) is 7.05 Å². The molecule has 1 aliphatic carbocycles. The van der Waals surface area contributed by atoms with Crippen LogP contribution in [-0.4, -0.2) is 32.2 Å². The molecule has 6 heteroatoms. The van der Waals surface area contributed by atoms with E-state index in [9.17, 15) is 9.90 Å². The Kier molecular flexibility index (Phi) is 4.02. The van der Waals surface area contributed by atoms with Crippen LogP contribution in [0.3, 0.4) is 0 Å². The molecule has 2 aromatic heterocycles. The number of nitrogens with one attached hydrogen (secondary N) is 2. The first-order valence-corrected chi connectivity index (χ1v) is 8.00. The number of imidazole rings is 1. The lowest BCUT2D eigenvalue weighted by Crippen LogP contribution is -2.41. The Balaban J connectivity index is 1.88. The standard InChI is InChI=1S/C17H24N4O2/c1-17(2,10-22)14(15-19-8-9-21(15)3)20-16(23)13-12(6-7-18-13)11-4-5-11/h6-9,11,14,18,22H,4-5,10H2,1-3H3,(H,20,23). The summed E-state index contributed by atoms with van der Waals surface area (Å²) in [5, 5.41) is 12.8. The Labute approximate surface area is 135 Å². The third-order valence-electron chi connectivity index (χ3n) is 4.60. The number of aliphatic hydroxyl groups excluding tert-OH is 1. The van der Waals surface area contributed by atoms with Gasteiger partial charge in [-0.2, -0.15) is 0 Å². The first-order valence-electron chi connectivity index (χ1n) is 8.00. The van der Waals surface area contributed by atoms with Gasteiger partial charge in [0.25, 0.3) is 5.91 Å². The van der Waals surface area contributed by atoms with Gasteiger partial charge in [0, 0.05) is 31.1 Å². The number of amides is 1. The van der Waals surface area contributed by atoms with Gasteiger partial charge in [0.15, 0.2) is 0 Å². The fourth-order valence-electron chi connectivity index (χ4n) is 2.87. The minimum Gasteiger partial charge on any atom is -0.396 e. The number of hydrogen-bond acceptors (Lipinski definition) is 3. The van der Waals surface area contributed by atoms with Crippen LogP contribution in [0.15, 0.2) is 24.7 Å². The second kappa shape index (κ2) is 5.85. The number of rotatable bonds is 6. The molecule has 1 amide bonds. The summed E-state index contributed by atoms with van der Waals surface area (Å²) < 4.78 is 1.87. The minimum atomic E-state index is -0.527. The molecule has 0 bridgehead atoms. The predicted molar refractivity (Wildman–Crippen MR) is 87.0 cm³/mol. The SMILES string of the molecule is Cn1ccnc1C(NC(=O)c1[nH]ccc1C1CC1)C(C)(C)CO. The molecule has 1 unspecified atom stereocenters. The van der Waals surface area contributed by atoms with Crippen molar-refractivity contribution in [2.24, 2.45) is 12.5 Å². The third-order valence-corrected chi connectivity index (χ3v) is 4.60. The zero-order chi connectivity index (χ0) is 16.6. The van der Waals surface area contributed by atoms with Gasteiger partial charge in [-0.1, -0.05) is 13.8 Å². The van der Waals surface area contributed by atoms with Crippen molar-refractivity contribution in [3.63, 3.8) is 0 Å². The minimum absolute atomic E-state index is 0.0506. The molecule has 6 nitrogen and oxygen atoms in total. The molecule has 2 heterocycles. The predicted octanol–water partition coefficient (Wildman–Crippen LogP) is 2.12. The highest BCUT2D eigenvalue weighted by Crippen LogP contribution is 2.41. The highest BCUT2D eigenvalue weighted by Gasteiger charge is 2.36. The van der Waals surface area contributed by atoms with Crippen LogP contribution in [0.2, 0.25) is 0 Å². The van der Waals surface area contributed by atoms with Gasteiger partial charge in [0.2, 0.25) is 0 Å².